The number of nitrogens with one attached hydrogen (secondary N) is 1. The first-order valence-corrected chi connectivity index (χ1v) is 11.9. The summed E-state index contributed by atoms with van der Waals surface area (Å²) < 4.78 is 17.4. The van der Waals surface area contributed by atoms with Gasteiger partial charge in [-0.3, -0.25) is 9.69 Å². The standard InChI is InChI=1S/C26H37N3O4/c1-5-31-23-17-21(18-24(32-6-2)25(23)33-7-3)26(30)27-22(20-11-9-8-10-12-20)19-29-15-13-28(4)14-16-29/h8-12,17-18,22H,5-7,13-16,19H2,1-4H3,(H,27,30). The van der Waals surface area contributed by atoms with E-state index in [0.29, 0.717) is 42.6 Å². The van der Waals surface area contributed by atoms with Gasteiger partial charge in [0.1, 0.15) is 0 Å². The zero-order chi connectivity index (χ0) is 23.6. The Balaban J connectivity index is 1.86. The summed E-state index contributed by atoms with van der Waals surface area (Å²) >= 11 is 0. The average molecular weight is 456 g/mol. The Morgan fingerprint density at radius 1 is 0.909 bits per heavy atom. The van der Waals surface area contributed by atoms with E-state index in [2.05, 4.69) is 34.3 Å². The van der Waals surface area contributed by atoms with Crippen molar-refractivity contribution in [1.82, 2.24) is 15.1 Å². The number of carbonyl (C=O) groups excluding carboxylic acids is 1. The van der Waals surface area contributed by atoms with Crippen LogP contribution in [0, 0.1) is 0 Å². The van der Waals surface area contributed by atoms with Crippen LogP contribution in [0.15, 0.2) is 42.5 Å². The lowest BCUT2D eigenvalue weighted by atomic mass is 10.0. The molecule has 7 heteroatoms. The normalized spacial score (nSPS) is 15.6. The van der Waals surface area contributed by atoms with E-state index in [1.807, 2.05) is 39.0 Å². The molecule has 1 heterocycles. The van der Waals surface area contributed by atoms with Crippen molar-refractivity contribution in [3.63, 3.8) is 0 Å². The Labute approximate surface area is 197 Å². The average Bonchev–Trinajstić information content (AvgIpc) is 2.82. The Morgan fingerprint density at radius 3 is 2.03 bits per heavy atom. The van der Waals surface area contributed by atoms with Crippen molar-refractivity contribution in [2.45, 2.75) is 26.8 Å². The molecule has 2 aromatic rings. The number of rotatable bonds is 11. The largest absolute Gasteiger partial charge is 0.490 e. The maximum atomic E-state index is 13.4. The number of ether oxygens (including phenoxy) is 3. The number of likely N-dealkylation sites (N-methyl/N-ethyl adjacent to an activating group) is 1. The van der Waals surface area contributed by atoms with Gasteiger partial charge in [0, 0.05) is 38.3 Å². The van der Waals surface area contributed by atoms with Gasteiger partial charge in [0.05, 0.1) is 25.9 Å². The molecule has 1 fully saturated rings. The van der Waals surface area contributed by atoms with Gasteiger partial charge in [0.2, 0.25) is 5.75 Å². The molecule has 1 aliphatic heterocycles. The predicted octanol–water partition coefficient (Wildman–Crippen LogP) is 3.60. The van der Waals surface area contributed by atoms with Gasteiger partial charge in [-0.05, 0) is 45.5 Å². The van der Waals surface area contributed by atoms with Gasteiger partial charge in [-0.2, -0.15) is 0 Å². The highest BCUT2D eigenvalue weighted by Crippen LogP contribution is 2.39. The Bertz CT molecular complexity index is 855. The van der Waals surface area contributed by atoms with E-state index in [1.165, 1.54) is 0 Å². The van der Waals surface area contributed by atoms with E-state index >= 15 is 0 Å². The number of nitrogens with zero attached hydrogens (tertiary/aromatic N) is 2. The van der Waals surface area contributed by atoms with E-state index in [1.54, 1.807) is 12.1 Å². The molecule has 1 N–H and O–H groups in total. The Kier molecular flexibility index (Phi) is 9.39. The predicted molar refractivity (Wildman–Crippen MR) is 131 cm³/mol. The van der Waals surface area contributed by atoms with Crippen molar-refractivity contribution in [2.75, 3.05) is 59.6 Å². The van der Waals surface area contributed by atoms with Gasteiger partial charge in [0.15, 0.2) is 11.5 Å². The number of amides is 1. The minimum atomic E-state index is -0.164. The van der Waals surface area contributed by atoms with Crippen LogP contribution in [0.4, 0.5) is 0 Å². The third-order valence-corrected chi connectivity index (χ3v) is 5.72. The lowest BCUT2D eigenvalue weighted by Gasteiger charge is -2.35. The molecule has 33 heavy (non-hydrogen) atoms. The molecule has 0 bridgehead atoms. The number of carbonyl (C=O) groups is 1. The van der Waals surface area contributed by atoms with E-state index in [-0.39, 0.29) is 11.9 Å². The molecule has 0 radical (unpaired) electrons. The topological polar surface area (TPSA) is 63.3 Å². The molecule has 0 aliphatic carbocycles. The van der Waals surface area contributed by atoms with Crippen LogP contribution in [-0.2, 0) is 0 Å². The van der Waals surface area contributed by atoms with Crippen molar-refractivity contribution in [3.8, 4) is 17.2 Å². The van der Waals surface area contributed by atoms with Gasteiger partial charge in [-0.1, -0.05) is 30.3 Å². The summed E-state index contributed by atoms with van der Waals surface area (Å²) in [7, 11) is 2.14. The van der Waals surface area contributed by atoms with Crippen LogP contribution in [0.25, 0.3) is 0 Å². The Morgan fingerprint density at radius 2 is 1.48 bits per heavy atom. The van der Waals surface area contributed by atoms with Crippen LogP contribution >= 0.6 is 0 Å². The second-order valence-corrected chi connectivity index (χ2v) is 8.14. The Hall–Kier alpha value is -2.77. The fraction of sp³-hybridized carbons (Fsp3) is 0.500. The third kappa shape index (κ3) is 6.85. The van der Waals surface area contributed by atoms with Crippen LogP contribution in [0.5, 0.6) is 17.2 Å². The quantitative estimate of drug-likeness (QED) is 0.559. The second-order valence-electron chi connectivity index (χ2n) is 8.14. The van der Waals surface area contributed by atoms with E-state index in [4.69, 9.17) is 14.2 Å². The lowest BCUT2D eigenvalue weighted by molar-refractivity contribution is 0.0906. The zero-order valence-corrected chi connectivity index (χ0v) is 20.3. The van der Waals surface area contributed by atoms with Crippen molar-refractivity contribution < 1.29 is 19.0 Å². The van der Waals surface area contributed by atoms with Gasteiger partial charge in [0.25, 0.3) is 5.91 Å². The van der Waals surface area contributed by atoms with Crippen molar-refractivity contribution in [1.29, 1.82) is 0 Å². The molecule has 3 rings (SSSR count). The maximum absolute atomic E-state index is 13.4. The second kappa shape index (κ2) is 12.5. The molecule has 1 atom stereocenters. The molecule has 2 aromatic carbocycles. The minimum absolute atomic E-state index is 0.125. The van der Waals surface area contributed by atoms with Crippen molar-refractivity contribution in [2.24, 2.45) is 0 Å². The highest BCUT2D eigenvalue weighted by Gasteiger charge is 2.24. The molecule has 0 spiro atoms. The van der Waals surface area contributed by atoms with Crippen LogP contribution in [0.1, 0.15) is 42.7 Å². The van der Waals surface area contributed by atoms with Crippen LogP contribution in [0.3, 0.4) is 0 Å². The van der Waals surface area contributed by atoms with Gasteiger partial charge >= 0.3 is 0 Å². The first kappa shape index (κ1) is 24.9. The first-order valence-electron chi connectivity index (χ1n) is 11.9. The summed E-state index contributed by atoms with van der Waals surface area (Å²) in [5, 5.41) is 3.25. The smallest absolute Gasteiger partial charge is 0.252 e. The van der Waals surface area contributed by atoms with E-state index in [9.17, 15) is 4.79 Å². The monoisotopic (exact) mass is 455 g/mol. The maximum Gasteiger partial charge on any atom is 0.252 e. The highest BCUT2D eigenvalue weighted by molar-refractivity contribution is 5.96. The summed E-state index contributed by atoms with van der Waals surface area (Å²) in [6.07, 6.45) is 0. The van der Waals surface area contributed by atoms with E-state index in [0.717, 1.165) is 38.3 Å². The van der Waals surface area contributed by atoms with Crippen molar-refractivity contribution in [3.05, 3.63) is 53.6 Å². The highest BCUT2D eigenvalue weighted by atomic mass is 16.5. The van der Waals surface area contributed by atoms with E-state index < -0.39 is 0 Å². The molecule has 0 aromatic heterocycles. The van der Waals surface area contributed by atoms with Gasteiger partial charge in [-0.15, -0.1) is 0 Å². The third-order valence-electron chi connectivity index (χ3n) is 5.72. The molecule has 1 unspecified atom stereocenters. The molecule has 1 saturated heterocycles. The number of piperazine rings is 1. The molecule has 180 valence electrons. The fourth-order valence-electron chi connectivity index (χ4n) is 3.97. The zero-order valence-electron chi connectivity index (χ0n) is 20.3. The van der Waals surface area contributed by atoms with Crippen LogP contribution in [-0.4, -0.2) is 75.3 Å². The summed E-state index contributed by atoms with van der Waals surface area (Å²) in [6, 6.07) is 13.5. The fourth-order valence-corrected chi connectivity index (χ4v) is 3.97. The van der Waals surface area contributed by atoms with Crippen molar-refractivity contribution >= 4 is 5.91 Å². The SMILES string of the molecule is CCOc1cc(C(=O)NC(CN2CCN(C)CC2)c2ccccc2)cc(OCC)c1OCC. The first-order chi connectivity index (χ1) is 16.0. The molecular formula is C26H37N3O4. The molecule has 1 amide bonds. The summed E-state index contributed by atoms with van der Waals surface area (Å²) in [6.45, 7) is 11.9. The van der Waals surface area contributed by atoms with Crippen LogP contribution in [0.2, 0.25) is 0 Å². The molecule has 7 nitrogen and oxygen atoms in total. The van der Waals surface area contributed by atoms with Gasteiger partial charge < -0.3 is 24.4 Å². The number of hydrogen-bond donors (Lipinski definition) is 1. The lowest BCUT2D eigenvalue weighted by Crippen LogP contribution is -2.47. The number of hydrogen-bond acceptors (Lipinski definition) is 6. The summed E-state index contributed by atoms with van der Waals surface area (Å²) in [4.78, 5) is 18.2. The summed E-state index contributed by atoms with van der Waals surface area (Å²) in [5.74, 6) is 1.41. The molecular weight excluding hydrogens is 418 g/mol. The molecule has 0 saturated carbocycles. The van der Waals surface area contributed by atoms with Crippen LogP contribution < -0.4 is 19.5 Å². The molecule has 1 aliphatic rings. The number of benzene rings is 2. The van der Waals surface area contributed by atoms with Gasteiger partial charge in [-0.25, -0.2) is 0 Å². The minimum Gasteiger partial charge on any atom is -0.490 e. The summed E-state index contributed by atoms with van der Waals surface area (Å²) in [5.41, 5.74) is 1.58.